The average molecular weight is 315 g/mol. The number of carbonyl (C=O) groups is 1. The van der Waals surface area contributed by atoms with Crippen LogP contribution in [0, 0.1) is 5.82 Å². The summed E-state index contributed by atoms with van der Waals surface area (Å²) in [5, 5.41) is 0. The van der Waals surface area contributed by atoms with Gasteiger partial charge in [-0.15, -0.1) is 0 Å². The van der Waals surface area contributed by atoms with Gasteiger partial charge in [-0.1, -0.05) is 0 Å². The lowest BCUT2D eigenvalue weighted by atomic mass is 10.0. The molecule has 3 heterocycles. The maximum absolute atomic E-state index is 13.8. The molecule has 0 aliphatic carbocycles. The highest BCUT2D eigenvalue weighted by Crippen LogP contribution is 2.43. The Labute approximate surface area is 133 Å². The lowest BCUT2D eigenvalue weighted by Gasteiger charge is -2.22. The third-order valence-corrected chi connectivity index (χ3v) is 4.57. The van der Waals surface area contributed by atoms with E-state index in [0.29, 0.717) is 24.5 Å². The number of fused-ring (bicyclic) bond motifs is 5. The topological polar surface area (TPSA) is 40.5 Å². The molecule has 0 spiro atoms. The van der Waals surface area contributed by atoms with Gasteiger partial charge in [0.1, 0.15) is 18.2 Å². The maximum Gasteiger partial charge on any atom is 0.340 e. The van der Waals surface area contributed by atoms with E-state index in [2.05, 4.69) is 4.57 Å². The number of carbonyl (C=O) groups excluding carboxylic acids is 1. The van der Waals surface area contributed by atoms with Crippen molar-refractivity contribution in [3.8, 4) is 17.0 Å². The molecule has 23 heavy (non-hydrogen) atoms. The Kier molecular flexibility index (Phi) is 3.36. The first-order chi connectivity index (χ1) is 11.2. The molecule has 1 aromatic heterocycles. The van der Waals surface area contributed by atoms with Crippen molar-refractivity contribution in [2.45, 2.75) is 39.3 Å². The molecule has 2 aliphatic heterocycles. The van der Waals surface area contributed by atoms with Gasteiger partial charge in [-0.2, -0.15) is 0 Å². The van der Waals surface area contributed by atoms with Gasteiger partial charge >= 0.3 is 5.97 Å². The largest absolute Gasteiger partial charge is 0.488 e. The van der Waals surface area contributed by atoms with E-state index in [1.165, 1.54) is 12.1 Å². The predicted molar refractivity (Wildman–Crippen MR) is 83.1 cm³/mol. The summed E-state index contributed by atoms with van der Waals surface area (Å²) in [6.07, 6.45) is 2.94. The molecule has 0 saturated carbocycles. The number of hydrogen-bond acceptors (Lipinski definition) is 3. The van der Waals surface area contributed by atoms with Crippen LogP contribution < -0.4 is 4.74 Å². The second-order valence-corrected chi connectivity index (χ2v) is 5.91. The number of benzene rings is 1. The van der Waals surface area contributed by atoms with Crippen molar-refractivity contribution in [3.05, 3.63) is 40.8 Å². The fourth-order valence-corrected chi connectivity index (χ4v) is 3.65. The number of halogens is 1. The third kappa shape index (κ3) is 2.14. The van der Waals surface area contributed by atoms with Gasteiger partial charge in [-0.05, 0) is 44.4 Å². The standard InChI is InChI=1S/C18H18FNO3/c1-2-22-18(21)16-13-10-23-15-7-6-11(19)9-12(15)17(13)20-8-4-3-5-14(16)20/h6-7,9H,2-5,8,10H2,1H3. The van der Waals surface area contributed by atoms with Crippen molar-refractivity contribution in [1.29, 1.82) is 0 Å². The third-order valence-electron chi connectivity index (χ3n) is 4.57. The Morgan fingerprint density at radius 3 is 3.09 bits per heavy atom. The molecule has 4 nitrogen and oxygen atoms in total. The molecule has 120 valence electrons. The number of nitrogens with zero attached hydrogens (tertiary/aromatic N) is 1. The number of ether oxygens (including phenoxy) is 2. The first-order valence-electron chi connectivity index (χ1n) is 8.04. The van der Waals surface area contributed by atoms with Gasteiger partial charge in [0.15, 0.2) is 0 Å². The minimum absolute atomic E-state index is 0.302. The summed E-state index contributed by atoms with van der Waals surface area (Å²) < 4.78 is 26.9. The number of esters is 1. The summed E-state index contributed by atoms with van der Waals surface area (Å²) in [5.41, 5.74) is 4.10. The van der Waals surface area contributed by atoms with E-state index < -0.39 is 0 Å². The van der Waals surface area contributed by atoms with E-state index in [0.717, 1.165) is 48.3 Å². The minimum atomic E-state index is -0.303. The van der Waals surface area contributed by atoms with Crippen LogP contribution in [-0.2, 0) is 24.3 Å². The van der Waals surface area contributed by atoms with E-state index >= 15 is 0 Å². The van der Waals surface area contributed by atoms with E-state index in [1.807, 2.05) is 0 Å². The second-order valence-electron chi connectivity index (χ2n) is 5.91. The van der Waals surface area contributed by atoms with Crippen LogP contribution >= 0.6 is 0 Å². The van der Waals surface area contributed by atoms with Crippen molar-refractivity contribution in [2.75, 3.05) is 6.61 Å². The number of aromatic nitrogens is 1. The van der Waals surface area contributed by atoms with Crippen molar-refractivity contribution in [3.63, 3.8) is 0 Å². The summed E-state index contributed by atoms with van der Waals surface area (Å²) in [5.74, 6) is 0.0623. The van der Waals surface area contributed by atoms with E-state index in [-0.39, 0.29) is 11.8 Å². The molecule has 0 radical (unpaired) electrons. The Hall–Kier alpha value is -2.30. The average Bonchev–Trinajstić information content (AvgIpc) is 2.89. The Bertz CT molecular complexity index is 794. The Balaban J connectivity index is 1.97. The van der Waals surface area contributed by atoms with Gasteiger partial charge in [0.2, 0.25) is 0 Å². The molecule has 0 N–H and O–H groups in total. The zero-order valence-electron chi connectivity index (χ0n) is 13.0. The van der Waals surface area contributed by atoms with E-state index in [4.69, 9.17) is 9.47 Å². The Morgan fingerprint density at radius 2 is 2.26 bits per heavy atom. The SMILES string of the molecule is CCOC(=O)c1c2c(n3c1CCCC3)-c1cc(F)ccc1OC2. The molecule has 0 bridgehead atoms. The maximum atomic E-state index is 13.8. The van der Waals surface area contributed by atoms with Crippen molar-refractivity contribution in [2.24, 2.45) is 0 Å². The van der Waals surface area contributed by atoms with E-state index in [1.54, 1.807) is 13.0 Å². The van der Waals surface area contributed by atoms with Crippen LogP contribution in [0.1, 0.15) is 41.4 Å². The highest BCUT2D eigenvalue weighted by molar-refractivity contribution is 5.96. The molecule has 0 fully saturated rings. The van der Waals surface area contributed by atoms with Gasteiger partial charge in [-0.25, -0.2) is 9.18 Å². The summed E-state index contributed by atoms with van der Waals surface area (Å²) in [6, 6.07) is 4.54. The molecular weight excluding hydrogens is 297 g/mol. The van der Waals surface area contributed by atoms with Crippen LogP contribution in [0.5, 0.6) is 5.75 Å². The summed E-state index contributed by atoms with van der Waals surface area (Å²) in [4.78, 5) is 12.5. The minimum Gasteiger partial charge on any atom is -0.488 e. The first-order valence-corrected chi connectivity index (χ1v) is 8.04. The zero-order valence-corrected chi connectivity index (χ0v) is 13.0. The van der Waals surface area contributed by atoms with Gasteiger partial charge in [0.05, 0.1) is 17.9 Å². The van der Waals surface area contributed by atoms with Crippen LogP contribution in [0.25, 0.3) is 11.3 Å². The molecule has 0 amide bonds. The summed E-state index contributed by atoms with van der Waals surface area (Å²) in [6.45, 7) is 3.30. The van der Waals surface area contributed by atoms with Crippen LogP contribution in [0.15, 0.2) is 18.2 Å². The van der Waals surface area contributed by atoms with Gasteiger partial charge in [0, 0.05) is 23.4 Å². The van der Waals surface area contributed by atoms with Crippen molar-refractivity contribution >= 4 is 5.97 Å². The van der Waals surface area contributed by atoms with E-state index in [9.17, 15) is 9.18 Å². The van der Waals surface area contributed by atoms with Gasteiger partial charge < -0.3 is 14.0 Å². The van der Waals surface area contributed by atoms with Crippen LogP contribution in [-0.4, -0.2) is 17.1 Å². The smallest absolute Gasteiger partial charge is 0.340 e. The summed E-state index contributed by atoms with van der Waals surface area (Å²) in [7, 11) is 0. The molecular formula is C18H18FNO3. The quantitative estimate of drug-likeness (QED) is 0.793. The fourth-order valence-electron chi connectivity index (χ4n) is 3.65. The monoisotopic (exact) mass is 315 g/mol. The molecule has 1 aromatic carbocycles. The molecule has 0 saturated heterocycles. The van der Waals surface area contributed by atoms with Gasteiger partial charge in [0.25, 0.3) is 0 Å². The Morgan fingerprint density at radius 1 is 1.39 bits per heavy atom. The first kappa shape index (κ1) is 14.3. The van der Waals surface area contributed by atoms with Gasteiger partial charge in [-0.3, -0.25) is 0 Å². The normalized spacial score (nSPS) is 15.2. The second kappa shape index (κ2) is 5.41. The molecule has 0 unspecified atom stereocenters. The number of rotatable bonds is 2. The molecule has 5 heteroatoms. The fraction of sp³-hybridized carbons (Fsp3) is 0.389. The predicted octanol–water partition coefficient (Wildman–Crippen LogP) is 3.70. The number of hydrogen-bond donors (Lipinski definition) is 0. The molecule has 0 atom stereocenters. The highest BCUT2D eigenvalue weighted by atomic mass is 19.1. The van der Waals surface area contributed by atoms with Crippen LogP contribution in [0.3, 0.4) is 0 Å². The molecule has 2 aromatic rings. The van der Waals surface area contributed by atoms with Crippen LogP contribution in [0.4, 0.5) is 4.39 Å². The molecule has 4 rings (SSSR count). The van der Waals surface area contributed by atoms with Crippen LogP contribution in [0.2, 0.25) is 0 Å². The summed E-state index contributed by atoms with van der Waals surface area (Å²) >= 11 is 0. The van der Waals surface area contributed by atoms with Crippen molar-refractivity contribution < 1.29 is 18.7 Å². The molecule has 2 aliphatic rings. The highest BCUT2D eigenvalue weighted by Gasteiger charge is 2.33. The zero-order chi connectivity index (χ0) is 16.0. The van der Waals surface area contributed by atoms with Crippen molar-refractivity contribution in [1.82, 2.24) is 4.57 Å². The lowest BCUT2D eigenvalue weighted by molar-refractivity contribution is 0.0521. The lowest BCUT2D eigenvalue weighted by Crippen LogP contribution is -2.14.